The highest BCUT2D eigenvalue weighted by Gasteiger charge is 2.27. The molecule has 2 aromatic rings. The van der Waals surface area contributed by atoms with E-state index in [0.717, 1.165) is 23.1 Å². The minimum absolute atomic E-state index is 0.000369. The molecule has 0 aromatic heterocycles. The number of hydrogen-bond donors (Lipinski definition) is 1. The Labute approximate surface area is 162 Å². The highest BCUT2D eigenvalue weighted by Crippen LogP contribution is 2.19. The lowest BCUT2D eigenvalue weighted by molar-refractivity contribution is -0.122. The van der Waals surface area contributed by atoms with E-state index >= 15 is 0 Å². The van der Waals surface area contributed by atoms with Crippen LogP contribution in [0.15, 0.2) is 53.4 Å². The van der Waals surface area contributed by atoms with Gasteiger partial charge in [0, 0.05) is 12.6 Å². The molecule has 0 unspecified atom stereocenters. The molecule has 5 nitrogen and oxygen atoms in total. The topological polar surface area (TPSA) is 66.5 Å². The lowest BCUT2D eigenvalue weighted by Crippen LogP contribution is -2.43. The normalized spacial score (nSPS) is 12.8. The van der Waals surface area contributed by atoms with E-state index in [9.17, 15) is 13.2 Å². The van der Waals surface area contributed by atoms with Crippen LogP contribution in [0.5, 0.6) is 0 Å². The van der Waals surface area contributed by atoms with Crippen molar-refractivity contribution in [2.45, 2.75) is 51.6 Å². The fraction of sp³-hybridized carbons (Fsp3) is 0.381. The SMILES string of the molecule is CC[C@@H](C)NC(=O)CN(Cc1cccc(C)c1)S(=O)(=O)c1ccc(C)cc1. The zero-order valence-corrected chi connectivity index (χ0v) is 17.2. The molecule has 6 heteroatoms. The van der Waals surface area contributed by atoms with E-state index in [1.807, 2.05) is 52.0 Å². The average Bonchev–Trinajstić information content (AvgIpc) is 2.61. The standard InChI is InChI=1S/C21H28N2O3S/c1-5-18(4)22-21(24)15-23(14-19-8-6-7-17(3)13-19)27(25,26)20-11-9-16(2)10-12-20/h6-13,18H,5,14-15H2,1-4H3,(H,22,24)/t18-/m1/s1. The molecule has 1 atom stereocenters. The van der Waals surface area contributed by atoms with Crippen LogP contribution >= 0.6 is 0 Å². The third-order valence-electron chi connectivity index (χ3n) is 4.44. The number of carbonyl (C=O) groups is 1. The van der Waals surface area contributed by atoms with Gasteiger partial charge in [-0.1, -0.05) is 54.4 Å². The summed E-state index contributed by atoms with van der Waals surface area (Å²) >= 11 is 0. The van der Waals surface area contributed by atoms with Crippen LogP contribution in [0.1, 0.15) is 37.0 Å². The Balaban J connectivity index is 2.32. The van der Waals surface area contributed by atoms with Crippen molar-refractivity contribution in [3.8, 4) is 0 Å². The van der Waals surface area contributed by atoms with Crippen molar-refractivity contribution < 1.29 is 13.2 Å². The molecule has 1 N–H and O–H groups in total. The molecule has 0 saturated heterocycles. The second kappa shape index (κ2) is 9.15. The van der Waals surface area contributed by atoms with Crippen molar-refractivity contribution in [1.29, 1.82) is 0 Å². The zero-order chi connectivity index (χ0) is 20.0. The number of nitrogens with one attached hydrogen (secondary N) is 1. The van der Waals surface area contributed by atoms with Gasteiger partial charge in [-0.2, -0.15) is 4.31 Å². The maximum Gasteiger partial charge on any atom is 0.243 e. The van der Waals surface area contributed by atoms with Crippen LogP contribution in [0.4, 0.5) is 0 Å². The van der Waals surface area contributed by atoms with E-state index in [-0.39, 0.29) is 29.9 Å². The van der Waals surface area contributed by atoms with Crippen molar-refractivity contribution >= 4 is 15.9 Å². The summed E-state index contributed by atoms with van der Waals surface area (Å²) in [7, 11) is -3.79. The first-order valence-electron chi connectivity index (χ1n) is 9.14. The van der Waals surface area contributed by atoms with Crippen LogP contribution in [0.3, 0.4) is 0 Å². The highest BCUT2D eigenvalue weighted by atomic mass is 32.2. The lowest BCUT2D eigenvalue weighted by atomic mass is 10.1. The highest BCUT2D eigenvalue weighted by molar-refractivity contribution is 7.89. The maximum atomic E-state index is 13.2. The van der Waals surface area contributed by atoms with Crippen molar-refractivity contribution in [1.82, 2.24) is 9.62 Å². The Morgan fingerprint density at radius 3 is 2.33 bits per heavy atom. The van der Waals surface area contributed by atoms with Gasteiger partial charge in [0.15, 0.2) is 0 Å². The molecule has 0 aliphatic heterocycles. The predicted octanol–water partition coefficient (Wildman–Crippen LogP) is 3.41. The van der Waals surface area contributed by atoms with Gasteiger partial charge in [0.25, 0.3) is 0 Å². The fourth-order valence-corrected chi connectivity index (χ4v) is 4.07. The van der Waals surface area contributed by atoms with E-state index in [1.54, 1.807) is 24.3 Å². The summed E-state index contributed by atoms with van der Waals surface area (Å²) in [6.45, 7) is 7.66. The Hall–Kier alpha value is -2.18. The fourth-order valence-electron chi connectivity index (χ4n) is 2.68. The van der Waals surface area contributed by atoms with Crippen molar-refractivity contribution in [2.24, 2.45) is 0 Å². The lowest BCUT2D eigenvalue weighted by Gasteiger charge is -2.23. The molecule has 0 heterocycles. The molecule has 1 amide bonds. The molecule has 2 aromatic carbocycles. The molecule has 0 aliphatic carbocycles. The van der Waals surface area contributed by atoms with E-state index in [4.69, 9.17) is 0 Å². The summed E-state index contributed by atoms with van der Waals surface area (Å²) < 4.78 is 27.6. The summed E-state index contributed by atoms with van der Waals surface area (Å²) in [6.07, 6.45) is 0.786. The minimum atomic E-state index is -3.79. The number of rotatable bonds is 8. The summed E-state index contributed by atoms with van der Waals surface area (Å²) in [5.74, 6) is -0.298. The smallest absolute Gasteiger partial charge is 0.243 e. The average molecular weight is 389 g/mol. The van der Waals surface area contributed by atoms with Crippen molar-refractivity contribution in [2.75, 3.05) is 6.54 Å². The molecule has 0 radical (unpaired) electrons. The number of nitrogens with zero attached hydrogens (tertiary/aromatic N) is 1. The molecular formula is C21H28N2O3S. The molecule has 27 heavy (non-hydrogen) atoms. The number of hydrogen-bond acceptors (Lipinski definition) is 3. The Kier molecular flexibility index (Phi) is 7.16. The van der Waals surface area contributed by atoms with Gasteiger partial charge in [0.05, 0.1) is 11.4 Å². The van der Waals surface area contributed by atoms with Gasteiger partial charge in [0.1, 0.15) is 0 Å². The third-order valence-corrected chi connectivity index (χ3v) is 6.25. The van der Waals surface area contributed by atoms with E-state index < -0.39 is 10.0 Å². The molecule has 0 bridgehead atoms. The van der Waals surface area contributed by atoms with Crippen LogP contribution in [-0.2, 0) is 21.4 Å². The second-order valence-electron chi connectivity index (χ2n) is 6.95. The van der Waals surface area contributed by atoms with Gasteiger partial charge >= 0.3 is 0 Å². The molecule has 0 saturated carbocycles. The molecule has 146 valence electrons. The van der Waals surface area contributed by atoms with E-state index in [2.05, 4.69) is 5.32 Å². The zero-order valence-electron chi connectivity index (χ0n) is 16.4. The molecule has 0 spiro atoms. The van der Waals surface area contributed by atoms with Crippen LogP contribution in [0.2, 0.25) is 0 Å². The van der Waals surface area contributed by atoms with E-state index in [1.165, 1.54) is 4.31 Å². The second-order valence-corrected chi connectivity index (χ2v) is 8.89. The Bertz CT molecular complexity index is 877. The van der Waals surface area contributed by atoms with Gasteiger partial charge in [-0.3, -0.25) is 4.79 Å². The van der Waals surface area contributed by atoms with Gasteiger partial charge in [-0.05, 0) is 44.9 Å². The molecule has 2 rings (SSSR count). The van der Waals surface area contributed by atoms with Gasteiger partial charge in [-0.15, -0.1) is 0 Å². The summed E-state index contributed by atoms with van der Waals surface area (Å²) in [6, 6.07) is 14.3. The van der Waals surface area contributed by atoms with Crippen molar-refractivity contribution in [3.05, 3.63) is 65.2 Å². The number of aryl methyl sites for hydroxylation is 2. The first kappa shape index (κ1) is 21.1. The van der Waals surface area contributed by atoms with Gasteiger partial charge in [0.2, 0.25) is 15.9 Å². The van der Waals surface area contributed by atoms with Crippen LogP contribution < -0.4 is 5.32 Å². The number of carbonyl (C=O) groups excluding carboxylic acids is 1. The summed E-state index contributed by atoms with van der Waals surface area (Å²) in [4.78, 5) is 12.6. The summed E-state index contributed by atoms with van der Waals surface area (Å²) in [5.41, 5.74) is 2.87. The van der Waals surface area contributed by atoms with E-state index in [0.29, 0.717) is 0 Å². The molecule has 0 aliphatic rings. The molecule has 0 fully saturated rings. The first-order valence-corrected chi connectivity index (χ1v) is 10.6. The van der Waals surface area contributed by atoms with Crippen LogP contribution in [0, 0.1) is 13.8 Å². The monoisotopic (exact) mass is 388 g/mol. The van der Waals surface area contributed by atoms with Crippen molar-refractivity contribution in [3.63, 3.8) is 0 Å². The number of benzene rings is 2. The predicted molar refractivity (Wildman–Crippen MR) is 108 cm³/mol. The summed E-state index contributed by atoms with van der Waals surface area (Å²) in [5, 5.41) is 2.84. The van der Waals surface area contributed by atoms with Gasteiger partial charge < -0.3 is 5.32 Å². The number of amides is 1. The largest absolute Gasteiger partial charge is 0.353 e. The minimum Gasteiger partial charge on any atom is -0.353 e. The van der Waals surface area contributed by atoms with Crippen LogP contribution in [0.25, 0.3) is 0 Å². The maximum absolute atomic E-state index is 13.2. The van der Waals surface area contributed by atoms with Gasteiger partial charge in [-0.25, -0.2) is 8.42 Å². The first-order chi connectivity index (χ1) is 12.7. The molecular weight excluding hydrogens is 360 g/mol. The van der Waals surface area contributed by atoms with Crippen LogP contribution in [-0.4, -0.2) is 31.2 Å². The Morgan fingerprint density at radius 2 is 1.74 bits per heavy atom. The number of sulfonamides is 1. The quantitative estimate of drug-likeness (QED) is 0.754. The Morgan fingerprint density at radius 1 is 1.07 bits per heavy atom. The third kappa shape index (κ3) is 5.91.